The summed E-state index contributed by atoms with van der Waals surface area (Å²) in [5, 5.41) is 4.68. The molecule has 0 radical (unpaired) electrons. The molecule has 2 saturated heterocycles. The number of carbonyl (C=O) groups excluding carboxylic acids is 2. The molecule has 1 aliphatic carbocycles. The number of amides is 2. The van der Waals surface area contributed by atoms with E-state index in [2.05, 4.69) is 36.0 Å². The lowest BCUT2D eigenvalue weighted by molar-refractivity contribution is -0.144. The summed E-state index contributed by atoms with van der Waals surface area (Å²) in [6.45, 7) is 10.2. The fourth-order valence-electron chi connectivity index (χ4n) is 7.37. The zero-order valence-corrected chi connectivity index (χ0v) is 28.1. The first kappa shape index (κ1) is 31.0. The predicted octanol–water partition coefficient (Wildman–Crippen LogP) is 6.11. The van der Waals surface area contributed by atoms with Crippen LogP contribution in [0.3, 0.4) is 0 Å². The number of carbonyl (C=O) groups is 2. The minimum Gasteiger partial charge on any atom is -0.335 e. The summed E-state index contributed by atoms with van der Waals surface area (Å²) >= 11 is 13.6. The Hall–Kier alpha value is -2.66. The summed E-state index contributed by atoms with van der Waals surface area (Å²) in [4.78, 5) is 44.5. The number of thioether (sulfide) groups is 1. The Morgan fingerprint density at radius 2 is 1.93 bits per heavy atom. The lowest BCUT2D eigenvalue weighted by atomic mass is 9.81. The van der Waals surface area contributed by atoms with Crippen LogP contribution >= 0.6 is 35.0 Å². The van der Waals surface area contributed by atoms with Gasteiger partial charge in [0.15, 0.2) is 5.17 Å². The van der Waals surface area contributed by atoms with Crippen LogP contribution in [0.5, 0.6) is 0 Å². The molecule has 5 aliphatic rings. The third-order valence-corrected chi connectivity index (χ3v) is 11.6. The van der Waals surface area contributed by atoms with Gasteiger partial charge in [0.1, 0.15) is 27.5 Å². The highest BCUT2D eigenvalue weighted by molar-refractivity contribution is 8.18. The van der Waals surface area contributed by atoms with Crippen molar-refractivity contribution in [2.45, 2.75) is 82.6 Å². The molecule has 7 rings (SSSR count). The largest absolute Gasteiger partial charge is 0.335 e. The molecule has 1 N–H and O–H groups in total. The quantitative estimate of drug-likeness (QED) is 0.387. The number of halogens is 3. The van der Waals surface area contributed by atoms with Gasteiger partial charge < -0.3 is 20.0 Å². The third kappa shape index (κ3) is 5.16. The number of allylic oxidation sites excluding steroid dienone is 1. The maximum Gasteiger partial charge on any atom is 0.263 e. The van der Waals surface area contributed by atoms with Crippen LogP contribution in [0.1, 0.15) is 70.5 Å². The zero-order valence-electron chi connectivity index (χ0n) is 25.8. The van der Waals surface area contributed by atoms with Crippen LogP contribution in [0.2, 0.25) is 10.2 Å². The number of fused-ring (bicyclic) bond motifs is 1. The van der Waals surface area contributed by atoms with Crippen LogP contribution in [-0.4, -0.2) is 73.9 Å². The van der Waals surface area contributed by atoms with Gasteiger partial charge in [0.05, 0.1) is 11.1 Å². The highest BCUT2D eigenvalue weighted by Crippen LogP contribution is 2.56. The number of nitrogens with zero attached hydrogens (tertiary/aromatic N) is 5. The van der Waals surface area contributed by atoms with Gasteiger partial charge in [-0.05, 0) is 81.0 Å². The van der Waals surface area contributed by atoms with Gasteiger partial charge in [-0.3, -0.25) is 9.59 Å². The molecule has 2 amide bonds. The first-order valence-electron chi connectivity index (χ1n) is 15.7. The second-order valence-electron chi connectivity index (χ2n) is 13.5. The van der Waals surface area contributed by atoms with Crippen molar-refractivity contribution in [3.05, 3.63) is 74.3 Å². The third-order valence-electron chi connectivity index (χ3n) is 10.0. The van der Waals surface area contributed by atoms with Gasteiger partial charge in [0.25, 0.3) is 5.91 Å². The molecule has 4 atom stereocenters. The SMILES string of the molecule is CC(C)C1=C(C(=O)N2CCC[C@H]2C(=O)N2CC3(CC3)NC[C@H]2C)SC2=N[C@@](C)(c3ccc(Cl)nc3)[C@@H](c3ccc(Cl)c(F)c3)N21. The van der Waals surface area contributed by atoms with Gasteiger partial charge in [-0.2, -0.15) is 0 Å². The molecule has 3 fully saturated rings. The van der Waals surface area contributed by atoms with Crippen molar-refractivity contribution in [1.29, 1.82) is 0 Å². The molecule has 8 nitrogen and oxygen atoms in total. The summed E-state index contributed by atoms with van der Waals surface area (Å²) in [6.07, 6.45) is 5.30. The number of aromatic nitrogens is 1. The lowest BCUT2D eigenvalue weighted by Gasteiger charge is -2.41. The normalized spacial score (nSPS) is 28.8. The Bertz CT molecular complexity index is 1630. The highest BCUT2D eigenvalue weighted by Gasteiger charge is 2.55. The van der Waals surface area contributed by atoms with Gasteiger partial charge in [-0.25, -0.2) is 14.4 Å². The minimum atomic E-state index is -0.863. The number of likely N-dealkylation sites (tertiary alicyclic amines) is 1. The monoisotopic (exact) mass is 670 g/mol. The fraction of sp³-hybridized carbons (Fsp3) is 0.515. The summed E-state index contributed by atoms with van der Waals surface area (Å²) in [5.74, 6) is -0.678. The highest BCUT2D eigenvalue weighted by atomic mass is 35.5. The van der Waals surface area contributed by atoms with E-state index in [9.17, 15) is 14.0 Å². The van der Waals surface area contributed by atoms with E-state index in [0.29, 0.717) is 40.3 Å². The maximum atomic E-state index is 15.0. The Labute approximate surface area is 277 Å². The zero-order chi connectivity index (χ0) is 31.8. The summed E-state index contributed by atoms with van der Waals surface area (Å²) in [7, 11) is 0. The predicted molar refractivity (Wildman–Crippen MR) is 175 cm³/mol. The van der Waals surface area contributed by atoms with Crippen molar-refractivity contribution in [3.8, 4) is 0 Å². The molecular formula is C33H37Cl2FN6O2S. The van der Waals surface area contributed by atoms with E-state index in [1.54, 1.807) is 23.2 Å². The maximum absolute atomic E-state index is 15.0. The van der Waals surface area contributed by atoms with E-state index in [-0.39, 0.29) is 34.3 Å². The van der Waals surface area contributed by atoms with Crippen molar-refractivity contribution >= 4 is 51.9 Å². The average molecular weight is 672 g/mol. The summed E-state index contributed by atoms with van der Waals surface area (Å²) in [6, 6.07) is 7.54. The molecule has 5 heterocycles. The topological polar surface area (TPSA) is 81.1 Å². The van der Waals surface area contributed by atoms with Crippen LogP contribution in [-0.2, 0) is 15.1 Å². The molecule has 1 spiro atoms. The summed E-state index contributed by atoms with van der Waals surface area (Å²) < 4.78 is 15.0. The second kappa shape index (κ2) is 11.2. The van der Waals surface area contributed by atoms with E-state index in [0.717, 1.165) is 37.1 Å². The molecule has 1 aromatic carbocycles. The number of pyridine rings is 1. The van der Waals surface area contributed by atoms with E-state index in [4.69, 9.17) is 28.2 Å². The summed E-state index contributed by atoms with van der Waals surface area (Å²) in [5.41, 5.74) is 1.50. The molecular weight excluding hydrogens is 634 g/mol. The van der Waals surface area contributed by atoms with Crippen LogP contribution in [0.15, 0.2) is 52.1 Å². The Morgan fingerprint density at radius 3 is 2.60 bits per heavy atom. The molecule has 0 bridgehead atoms. The number of amidine groups is 1. The van der Waals surface area contributed by atoms with Crippen molar-refractivity contribution < 1.29 is 14.0 Å². The number of rotatable bonds is 5. The van der Waals surface area contributed by atoms with Gasteiger partial charge in [0.2, 0.25) is 5.91 Å². The Kier molecular flexibility index (Phi) is 7.74. The van der Waals surface area contributed by atoms with Crippen LogP contribution in [0.4, 0.5) is 4.39 Å². The van der Waals surface area contributed by atoms with Crippen molar-refractivity contribution in [2.24, 2.45) is 10.9 Å². The van der Waals surface area contributed by atoms with Crippen LogP contribution in [0.25, 0.3) is 0 Å². The first-order valence-corrected chi connectivity index (χ1v) is 17.2. The lowest BCUT2D eigenvalue weighted by Crippen LogP contribution is -2.61. The molecule has 4 aliphatic heterocycles. The second-order valence-corrected chi connectivity index (χ2v) is 15.2. The Morgan fingerprint density at radius 1 is 1.16 bits per heavy atom. The van der Waals surface area contributed by atoms with Gasteiger partial charge in [-0.1, -0.05) is 49.2 Å². The molecule has 12 heteroatoms. The van der Waals surface area contributed by atoms with Crippen molar-refractivity contribution in [2.75, 3.05) is 19.6 Å². The molecule has 238 valence electrons. The number of benzene rings is 1. The molecule has 1 saturated carbocycles. The van der Waals surface area contributed by atoms with Crippen molar-refractivity contribution in [3.63, 3.8) is 0 Å². The van der Waals surface area contributed by atoms with Crippen molar-refractivity contribution in [1.82, 2.24) is 25.0 Å². The molecule has 2 aromatic rings. The molecule has 0 unspecified atom stereocenters. The van der Waals surface area contributed by atoms with E-state index < -0.39 is 23.4 Å². The first-order chi connectivity index (χ1) is 21.4. The molecule has 1 aromatic heterocycles. The van der Waals surface area contributed by atoms with Crippen LogP contribution < -0.4 is 5.32 Å². The van der Waals surface area contributed by atoms with Crippen LogP contribution in [0, 0.1) is 11.7 Å². The number of nitrogens with one attached hydrogen (secondary N) is 1. The van der Waals surface area contributed by atoms with E-state index >= 15 is 0 Å². The Balaban J connectivity index is 1.25. The number of piperazine rings is 1. The van der Waals surface area contributed by atoms with Gasteiger partial charge >= 0.3 is 0 Å². The number of aliphatic imine (C=N–C) groups is 1. The average Bonchev–Trinajstić information content (AvgIpc) is 3.30. The minimum absolute atomic E-state index is 0.0372. The van der Waals surface area contributed by atoms with E-state index in [1.807, 2.05) is 24.0 Å². The van der Waals surface area contributed by atoms with Gasteiger partial charge in [0, 0.05) is 48.7 Å². The number of hydrogen-bond acceptors (Lipinski definition) is 7. The van der Waals surface area contributed by atoms with Gasteiger partial charge in [-0.15, -0.1) is 0 Å². The van der Waals surface area contributed by atoms with E-state index in [1.165, 1.54) is 17.8 Å². The fourth-order valence-corrected chi connectivity index (χ4v) is 8.96. The smallest absolute Gasteiger partial charge is 0.263 e. The standard InChI is InChI=1S/C33H37Cl2FN6O2S/c1-18(2)26-27(30(44)40-13-5-6-24(40)29(43)41-17-33(11-12-33)38-15-19(41)3)45-31-39-32(4,21-8-10-25(35)37-16-21)28(42(26)31)20-7-9-22(34)23(36)14-20/h7-10,14,16,18-19,24,28,38H,5-6,11-13,15,17H2,1-4H3/t19-,24+,28-,32+/m1/s1. The number of hydrogen-bond donors (Lipinski definition) is 1. The molecule has 45 heavy (non-hydrogen) atoms.